The average molecular weight is 412 g/mol. The summed E-state index contributed by atoms with van der Waals surface area (Å²) in [5.41, 5.74) is -4.40. The quantitative estimate of drug-likeness (QED) is 0.698. The Kier molecular flexibility index (Phi) is 7.37. The highest BCUT2D eigenvalue weighted by Crippen LogP contribution is 2.36. The Labute approximate surface area is 156 Å². The highest BCUT2D eigenvalue weighted by atomic mass is 32.2. The van der Waals surface area contributed by atoms with Crippen molar-refractivity contribution < 1.29 is 26.3 Å². The van der Waals surface area contributed by atoms with Gasteiger partial charge in [0.15, 0.2) is 0 Å². The van der Waals surface area contributed by atoms with E-state index in [-0.39, 0.29) is 34.2 Å². The number of nitrogens with one attached hydrogen (secondary N) is 1. The largest absolute Gasteiger partial charge is 0.446 e. The van der Waals surface area contributed by atoms with E-state index in [9.17, 15) is 21.6 Å². The Balaban J connectivity index is 1.92. The van der Waals surface area contributed by atoms with Crippen molar-refractivity contribution in [2.24, 2.45) is 5.92 Å². The second-order valence-corrected chi connectivity index (χ2v) is 9.42. The SMILES string of the molecule is CC(C)CN1CCOC(CNS(=O)(=O)c2ccc(SC(F)(F)F)cc2)C1. The first-order valence-corrected chi connectivity index (χ1v) is 10.5. The summed E-state index contributed by atoms with van der Waals surface area (Å²) in [4.78, 5) is 2.10. The van der Waals surface area contributed by atoms with Gasteiger partial charge in [-0.25, -0.2) is 13.1 Å². The van der Waals surface area contributed by atoms with Gasteiger partial charge in [0, 0.05) is 31.1 Å². The minimum absolute atomic E-state index is 0.0589. The fourth-order valence-corrected chi connectivity index (χ4v) is 4.30. The van der Waals surface area contributed by atoms with Crippen LogP contribution < -0.4 is 4.72 Å². The third-order valence-corrected chi connectivity index (χ3v) is 5.89. The number of alkyl halides is 3. The van der Waals surface area contributed by atoms with E-state index in [0.29, 0.717) is 19.1 Å². The van der Waals surface area contributed by atoms with Crippen molar-refractivity contribution in [3.05, 3.63) is 24.3 Å². The van der Waals surface area contributed by atoms with E-state index in [1.807, 2.05) is 0 Å². The lowest BCUT2D eigenvalue weighted by Gasteiger charge is -2.33. The monoisotopic (exact) mass is 412 g/mol. The number of nitrogens with zero attached hydrogens (tertiary/aromatic N) is 1. The van der Waals surface area contributed by atoms with E-state index < -0.39 is 15.5 Å². The Morgan fingerprint density at radius 1 is 1.31 bits per heavy atom. The Morgan fingerprint density at radius 3 is 2.54 bits per heavy atom. The molecule has 1 atom stereocenters. The molecule has 10 heteroatoms. The fourth-order valence-electron chi connectivity index (χ4n) is 2.69. The summed E-state index contributed by atoms with van der Waals surface area (Å²) in [6, 6.07) is 4.63. The number of hydrogen-bond donors (Lipinski definition) is 1. The smallest absolute Gasteiger partial charge is 0.374 e. The summed E-state index contributed by atoms with van der Waals surface area (Å²) in [6.07, 6.45) is -0.252. The molecule has 5 nitrogen and oxygen atoms in total. The topological polar surface area (TPSA) is 58.6 Å². The lowest BCUT2D eigenvalue weighted by Crippen LogP contribution is -2.48. The highest BCUT2D eigenvalue weighted by Gasteiger charge is 2.29. The number of morpholine rings is 1. The zero-order valence-electron chi connectivity index (χ0n) is 14.6. The summed E-state index contributed by atoms with van der Waals surface area (Å²) in [5.74, 6) is 0.513. The van der Waals surface area contributed by atoms with E-state index in [1.165, 1.54) is 12.1 Å². The molecule has 26 heavy (non-hydrogen) atoms. The Hall–Kier alpha value is -0.810. The molecule has 1 aliphatic rings. The van der Waals surface area contributed by atoms with Crippen molar-refractivity contribution in [3.8, 4) is 0 Å². The fraction of sp³-hybridized carbons (Fsp3) is 0.625. The number of rotatable bonds is 7. The highest BCUT2D eigenvalue weighted by molar-refractivity contribution is 8.00. The van der Waals surface area contributed by atoms with Crippen LogP contribution in [0.3, 0.4) is 0 Å². The maximum atomic E-state index is 12.3. The minimum atomic E-state index is -4.40. The van der Waals surface area contributed by atoms with Crippen molar-refractivity contribution in [1.82, 2.24) is 9.62 Å². The van der Waals surface area contributed by atoms with Gasteiger partial charge in [-0.15, -0.1) is 0 Å². The molecule has 148 valence electrons. The van der Waals surface area contributed by atoms with E-state index in [4.69, 9.17) is 4.74 Å². The maximum absolute atomic E-state index is 12.3. The van der Waals surface area contributed by atoms with Crippen LogP contribution in [0.15, 0.2) is 34.1 Å². The molecule has 1 aromatic carbocycles. The van der Waals surface area contributed by atoms with Crippen LogP contribution in [0.5, 0.6) is 0 Å². The predicted octanol–water partition coefficient (Wildman–Crippen LogP) is 2.93. The standard InChI is InChI=1S/C16H23F3N2O3S2/c1-12(2)10-21-7-8-24-13(11-21)9-20-26(22,23)15-5-3-14(4-6-15)25-16(17,18)19/h3-6,12-13,20H,7-11H2,1-2H3. The van der Waals surface area contributed by atoms with Crippen LogP contribution in [0, 0.1) is 5.92 Å². The van der Waals surface area contributed by atoms with Crippen LogP contribution in [0.4, 0.5) is 13.2 Å². The third-order valence-electron chi connectivity index (χ3n) is 3.71. The molecule has 0 saturated carbocycles. The molecular weight excluding hydrogens is 389 g/mol. The Morgan fingerprint density at radius 2 is 1.96 bits per heavy atom. The van der Waals surface area contributed by atoms with Gasteiger partial charge in [0.25, 0.3) is 0 Å². The molecule has 0 aliphatic carbocycles. The van der Waals surface area contributed by atoms with Crippen molar-refractivity contribution in [3.63, 3.8) is 0 Å². The second-order valence-electron chi connectivity index (χ2n) is 6.52. The number of thioether (sulfide) groups is 1. The normalized spacial score (nSPS) is 19.8. The molecule has 1 N–H and O–H groups in total. The molecule has 0 spiro atoms. The summed E-state index contributed by atoms with van der Waals surface area (Å²) in [6.45, 7) is 7.28. The van der Waals surface area contributed by atoms with Crippen LogP contribution in [0.2, 0.25) is 0 Å². The molecule has 1 aliphatic heterocycles. The number of hydrogen-bond acceptors (Lipinski definition) is 5. The van der Waals surface area contributed by atoms with Gasteiger partial charge in [0.2, 0.25) is 10.0 Å². The Bertz CT molecular complexity index is 679. The van der Waals surface area contributed by atoms with E-state index in [2.05, 4.69) is 23.5 Å². The van der Waals surface area contributed by atoms with E-state index >= 15 is 0 Å². The van der Waals surface area contributed by atoms with Gasteiger partial charge in [-0.1, -0.05) is 13.8 Å². The van der Waals surface area contributed by atoms with Crippen LogP contribution in [-0.2, 0) is 14.8 Å². The zero-order chi connectivity index (χ0) is 19.4. The van der Waals surface area contributed by atoms with E-state index in [0.717, 1.165) is 25.2 Å². The van der Waals surface area contributed by atoms with E-state index in [1.54, 1.807) is 0 Å². The lowest BCUT2D eigenvalue weighted by molar-refractivity contribution is -0.0328. The zero-order valence-corrected chi connectivity index (χ0v) is 16.3. The third kappa shape index (κ3) is 7.07. The summed E-state index contributed by atoms with van der Waals surface area (Å²) in [5, 5.41) is 0. The lowest BCUT2D eigenvalue weighted by atomic mass is 10.2. The summed E-state index contributed by atoms with van der Waals surface area (Å²) >= 11 is -0.280. The molecule has 0 amide bonds. The number of sulfonamides is 1. The molecule has 2 rings (SSSR count). The molecule has 0 bridgehead atoms. The molecule has 1 unspecified atom stereocenters. The van der Waals surface area contributed by atoms with Gasteiger partial charge in [-0.3, -0.25) is 4.90 Å². The molecule has 1 saturated heterocycles. The molecule has 1 heterocycles. The van der Waals surface area contributed by atoms with Gasteiger partial charge in [0.1, 0.15) is 0 Å². The number of halogens is 3. The summed E-state index contributed by atoms with van der Waals surface area (Å²) < 4.78 is 69.7. The van der Waals surface area contributed by atoms with Crippen molar-refractivity contribution in [2.75, 3.05) is 32.8 Å². The van der Waals surface area contributed by atoms with Crippen LogP contribution in [0.25, 0.3) is 0 Å². The first kappa shape index (κ1) is 21.5. The van der Waals surface area contributed by atoms with Crippen molar-refractivity contribution in [1.29, 1.82) is 0 Å². The van der Waals surface area contributed by atoms with Gasteiger partial charge in [-0.05, 0) is 41.9 Å². The predicted molar refractivity (Wildman–Crippen MR) is 94.6 cm³/mol. The van der Waals surface area contributed by atoms with Gasteiger partial charge >= 0.3 is 5.51 Å². The van der Waals surface area contributed by atoms with Gasteiger partial charge in [0.05, 0.1) is 17.6 Å². The van der Waals surface area contributed by atoms with Crippen molar-refractivity contribution in [2.45, 2.75) is 35.3 Å². The number of benzene rings is 1. The van der Waals surface area contributed by atoms with Crippen LogP contribution in [0.1, 0.15) is 13.8 Å². The summed E-state index contributed by atoms with van der Waals surface area (Å²) in [7, 11) is -3.80. The van der Waals surface area contributed by atoms with Gasteiger partial charge < -0.3 is 4.74 Å². The first-order chi connectivity index (χ1) is 12.0. The maximum Gasteiger partial charge on any atom is 0.446 e. The van der Waals surface area contributed by atoms with Gasteiger partial charge in [-0.2, -0.15) is 13.2 Å². The van der Waals surface area contributed by atoms with Crippen molar-refractivity contribution >= 4 is 21.8 Å². The van der Waals surface area contributed by atoms with Crippen LogP contribution in [-0.4, -0.2) is 57.7 Å². The first-order valence-electron chi connectivity index (χ1n) is 8.24. The average Bonchev–Trinajstić information content (AvgIpc) is 2.52. The molecular formula is C16H23F3N2O3S2. The second kappa shape index (κ2) is 8.92. The molecule has 0 radical (unpaired) electrons. The molecule has 0 aromatic heterocycles. The molecule has 1 fully saturated rings. The number of ether oxygens (including phenoxy) is 1. The van der Waals surface area contributed by atoms with Crippen LogP contribution >= 0.6 is 11.8 Å². The molecule has 1 aromatic rings. The minimum Gasteiger partial charge on any atom is -0.374 e.